The molecule has 0 spiro atoms. The molecule has 1 fully saturated rings. The normalized spacial score (nSPS) is 18.8. The standard InChI is InChI=1S/C25H36N4O2/c1-5-6-11-26-24(30)9-10-25(31)27-20-7-8-22-21(14-20)19(4)13-23(28-22)29-15-17(2)12-18(3)16-29/h7-8,13-14,17-18H,5-6,9-12,15-16H2,1-4H3,(H,26,30)(H,27,31)/t17-,18+. The van der Waals surface area contributed by atoms with E-state index in [1.165, 1.54) is 6.42 Å². The van der Waals surface area contributed by atoms with Gasteiger partial charge in [0.2, 0.25) is 11.8 Å². The third-order valence-electron chi connectivity index (χ3n) is 5.91. The molecule has 2 heterocycles. The zero-order chi connectivity index (χ0) is 22.4. The smallest absolute Gasteiger partial charge is 0.224 e. The van der Waals surface area contributed by atoms with Gasteiger partial charge in [0.25, 0.3) is 0 Å². The Bertz CT molecular complexity index is 917. The van der Waals surface area contributed by atoms with E-state index in [-0.39, 0.29) is 24.7 Å². The Labute approximate surface area is 185 Å². The second kappa shape index (κ2) is 10.6. The van der Waals surface area contributed by atoms with Gasteiger partial charge in [0.05, 0.1) is 5.52 Å². The molecule has 1 aliphatic rings. The fourth-order valence-electron chi connectivity index (χ4n) is 4.41. The van der Waals surface area contributed by atoms with E-state index in [1.54, 1.807) is 0 Å². The maximum atomic E-state index is 12.3. The molecule has 1 aromatic heterocycles. The third kappa shape index (κ3) is 6.42. The Kier molecular flexibility index (Phi) is 7.88. The minimum atomic E-state index is -0.150. The van der Waals surface area contributed by atoms with E-state index in [1.807, 2.05) is 18.2 Å². The number of carbonyl (C=O) groups is 2. The number of anilines is 2. The molecule has 2 amide bonds. The Morgan fingerprint density at radius 2 is 1.81 bits per heavy atom. The van der Waals surface area contributed by atoms with Crippen molar-refractivity contribution in [1.82, 2.24) is 10.3 Å². The van der Waals surface area contributed by atoms with Gasteiger partial charge in [-0.2, -0.15) is 0 Å². The molecule has 31 heavy (non-hydrogen) atoms. The quantitative estimate of drug-likeness (QED) is 0.605. The van der Waals surface area contributed by atoms with Crippen LogP contribution in [0.1, 0.15) is 58.4 Å². The van der Waals surface area contributed by atoms with Crippen LogP contribution in [0.4, 0.5) is 11.5 Å². The van der Waals surface area contributed by atoms with Crippen LogP contribution in [0.2, 0.25) is 0 Å². The van der Waals surface area contributed by atoms with Crippen molar-refractivity contribution in [2.45, 2.75) is 59.8 Å². The van der Waals surface area contributed by atoms with Crippen LogP contribution >= 0.6 is 0 Å². The number of amides is 2. The summed E-state index contributed by atoms with van der Waals surface area (Å²) in [7, 11) is 0. The van der Waals surface area contributed by atoms with Gasteiger partial charge in [-0.3, -0.25) is 9.59 Å². The molecule has 1 saturated heterocycles. The fourth-order valence-corrected chi connectivity index (χ4v) is 4.41. The van der Waals surface area contributed by atoms with Gasteiger partial charge in [0, 0.05) is 43.5 Å². The second-order valence-electron chi connectivity index (χ2n) is 9.13. The van der Waals surface area contributed by atoms with Crippen LogP contribution in [0.5, 0.6) is 0 Å². The second-order valence-corrected chi connectivity index (χ2v) is 9.13. The molecule has 168 valence electrons. The molecule has 3 rings (SSSR count). The van der Waals surface area contributed by atoms with Crippen molar-refractivity contribution in [1.29, 1.82) is 0 Å². The Morgan fingerprint density at radius 3 is 2.52 bits per heavy atom. The summed E-state index contributed by atoms with van der Waals surface area (Å²) < 4.78 is 0. The number of nitrogens with zero attached hydrogens (tertiary/aromatic N) is 2. The first-order chi connectivity index (χ1) is 14.9. The minimum Gasteiger partial charge on any atom is -0.356 e. The summed E-state index contributed by atoms with van der Waals surface area (Å²) in [6.45, 7) is 11.5. The lowest BCUT2D eigenvalue weighted by atomic mass is 9.92. The van der Waals surface area contributed by atoms with Gasteiger partial charge < -0.3 is 15.5 Å². The molecule has 6 nitrogen and oxygen atoms in total. The number of aryl methyl sites for hydroxylation is 1. The number of nitrogens with one attached hydrogen (secondary N) is 2. The summed E-state index contributed by atoms with van der Waals surface area (Å²) in [5.41, 5.74) is 2.83. The number of hydrogen-bond acceptors (Lipinski definition) is 4. The Morgan fingerprint density at radius 1 is 1.10 bits per heavy atom. The van der Waals surface area contributed by atoms with Crippen molar-refractivity contribution in [2.75, 3.05) is 29.9 Å². The van der Waals surface area contributed by atoms with E-state index in [4.69, 9.17) is 4.98 Å². The van der Waals surface area contributed by atoms with Gasteiger partial charge in [-0.05, 0) is 61.4 Å². The fraction of sp³-hybridized carbons (Fsp3) is 0.560. The van der Waals surface area contributed by atoms with Crippen molar-refractivity contribution in [3.8, 4) is 0 Å². The number of fused-ring (bicyclic) bond motifs is 1. The molecule has 0 radical (unpaired) electrons. The average Bonchev–Trinajstić information content (AvgIpc) is 2.72. The van der Waals surface area contributed by atoms with E-state index >= 15 is 0 Å². The predicted octanol–water partition coefficient (Wildman–Crippen LogP) is 4.66. The highest BCUT2D eigenvalue weighted by Gasteiger charge is 2.23. The van der Waals surface area contributed by atoms with Gasteiger partial charge >= 0.3 is 0 Å². The van der Waals surface area contributed by atoms with Crippen LogP contribution in [0.15, 0.2) is 24.3 Å². The highest BCUT2D eigenvalue weighted by Crippen LogP contribution is 2.29. The molecule has 2 aromatic rings. The summed E-state index contributed by atoms with van der Waals surface area (Å²) in [5.74, 6) is 2.16. The lowest BCUT2D eigenvalue weighted by Gasteiger charge is -2.36. The molecule has 6 heteroatoms. The van der Waals surface area contributed by atoms with E-state index in [9.17, 15) is 9.59 Å². The van der Waals surface area contributed by atoms with Crippen molar-refractivity contribution < 1.29 is 9.59 Å². The van der Waals surface area contributed by atoms with Crippen molar-refractivity contribution in [3.05, 3.63) is 29.8 Å². The highest BCUT2D eigenvalue weighted by molar-refractivity contribution is 5.96. The minimum absolute atomic E-state index is 0.0731. The first-order valence-electron chi connectivity index (χ1n) is 11.6. The zero-order valence-electron chi connectivity index (χ0n) is 19.3. The number of pyridine rings is 1. The Hall–Kier alpha value is -2.63. The molecule has 1 aliphatic heterocycles. The number of rotatable bonds is 8. The zero-order valence-corrected chi connectivity index (χ0v) is 19.3. The van der Waals surface area contributed by atoms with Crippen LogP contribution in [0, 0.1) is 18.8 Å². The molecule has 2 N–H and O–H groups in total. The molecule has 0 aliphatic carbocycles. The highest BCUT2D eigenvalue weighted by atomic mass is 16.2. The maximum absolute atomic E-state index is 12.3. The SMILES string of the molecule is CCCCNC(=O)CCC(=O)Nc1ccc2nc(N3C[C@H](C)C[C@H](C)C3)cc(C)c2c1. The number of carbonyl (C=O) groups excluding carboxylic acids is 2. The van der Waals surface area contributed by atoms with Crippen molar-refractivity contribution in [2.24, 2.45) is 11.8 Å². The number of aromatic nitrogens is 1. The summed E-state index contributed by atoms with van der Waals surface area (Å²) in [4.78, 5) is 31.4. The summed E-state index contributed by atoms with van der Waals surface area (Å²) in [5, 5.41) is 6.80. The van der Waals surface area contributed by atoms with E-state index in [2.05, 4.69) is 49.3 Å². The summed E-state index contributed by atoms with van der Waals surface area (Å²) in [6.07, 6.45) is 3.65. The summed E-state index contributed by atoms with van der Waals surface area (Å²) >= 11 is 0. The van der Waals surface area contributed by atoms with Gasteiger partial charge in [0.15, 0.2) is 0 Å². The molecule has 0 unspecified atom stereocenters. The first kappa shape index (κ1) is 23.0. The number of hydrogen-bond donors (Lipinski definition) is 2. The average molecular weight is 425 g/mol. The largest absolute Gasteiger partial charge is 0.356 e. The third-order valence-corrected chi connectivity index (χ3v) is 5.91. The lowest BCUT2D eigenvalue weighted by molar-refractivity contribution is -0.124. The van der Waals surface area contributed by atoms with E-state index < -0.39 is 0 Å². The van der Waals surface area contributed by atoms with E-state index in [0.717, 1.165) is 53.9 Å². The van der Waals surface area contributed by atoms with Crippen LogP contribution in [-0.4, -0.2) is 36.4 Å². The van der Waals surface area contributed by atoms with Crippen molar-refractivity contribution >= 4 is 34.2 Å². The molecular formula is C25H36N4O2. The number of piperidine rings is 1. The monoisotopic (exact) mass is 424 g/mol. The molecular weight excluding hydrogens is 388 g/mol. The number of benzene rings is 1. The number of unbranched alkanes of at least 4 members (excludes halogenated alkanes) is 1. The maximum Gasteiger partial charge on any atom is 0.224 e. The molecule has 1 aromatic carbocycles. The van der Waals surface area contributed by atoms with E-state index in [0.29, 0.717) is 18.4 Å². The van der Waals surface area contributed by atoms with Gasteiger partial charge in [0.1, 0.15) is 5.82 Å². The summed E-state index contributed by atoms with van der Waals surface area (Å²) in [6, 6.07) is 7.98. The van der Waals surface area contributed by atoms with Crippen molar-refractivity contribution in [3.63, 3.8) is 0 Å². The predicted molar refractivity (Wildman–Crippen MR) is 127 cm³/mol. The van der Waals surface area contributed by atoms with Crippen LogP contribution in [0.3, 0.4) is 0 Å². The molecule has 0 saturated carbocycles. The van der Waals surface area contributed by atoms with Gasteiger partial charge in [-0.25, -0.2) is 4.98 Å². The van der Waals surface area contributed by atoms with Crippen LogP contribution in [0.25, 0.3) is 10.9 Å². The lowest BCUT2D eigenvalue weighted by Crippen LogP contribution is -2.39. The molecule has 2 atom stereocenters. The van der Waals surface area contributed by atoms with Gasteiger partial charge in [-0.15, -0.1) is 0 Å². The van der Waals surface area contributed by atoms with Gasteiger partial charge in [-0.1, -0.05) is 27.2 Å². The first-order valence-corrected chi connectivity index (χ1v) is 11.6. The topological polar surface area (TPSA) is 74.3 Å². The van der Waals surface area contributed by atoms with Crippen LogP contribution in [-0.2, 0) is 9.59 Å². The van der Waals surface area contributed by atoms with Crippen LogP contribution < -0.4 is 15.5 Å². The Balaban J connectivity index is 1.64. The molecule has 0 bridgehead atoms.